The lowest BCUT2D eigenvalue weighted by atomic mass is 10.0. The zero-order valence-corrected chi connectivity index (χ0v) is 13.5. The molecule has 5 heteroatoms. The summed E-state index contributed by atoms with van der Waals surface area (Å²) in [6.07, 6.45) is 0.425. The van der Waals surface area contributed by atoms with Crippen LogP contribution in [0.5, 0.6) is 5.75 Å². The highest BCUT2D eigenvalue weighted by molar-refractivity contribution is 5.67. The van der Waals surface area contributed by atoms with Crippen LogP contribution in [0.15, 0.2) is 65.6 Å². The second-order valence-corrected chi connectivity index (χ2v) is 5.74. The number of hydrogen-bond acceptors (Lipinski definition) is 4. The Morgan fingerprint density at radius 2 is 1.76 bits per heavy atom. The molecule has 1 aromatic heterocycles. The Morgan fingerprint density at radius 3 is 2.44 bits per heavy atom. The molecule has 0 fully saturated rings. The van der Waals surface area contributed by atoms with Crippen molar-refractivity contribution >= 4 is 0 Å². The summed E-state index contributed by atoms with van der Waals surface area (Å²) >= 11 is 0. The Bertz CT molecular complexity index is 1030. The fraction of sp³-hybridized carbons (Fsp3) is 0.100. The summed E-state index contributed by atoms with van der Waals surface area (Å²) in [6, 6.07) is 18.0. The first kappa shape index (κ1) is 16.5. The van der Waals surface area contributed by atoms with Gasteiger partial charge in [0.05, 0.1) is 29.6 Å². The Hall–Kier alpha value is -3.36. The van der Waals surface area contributed by atoms with Gasteiger partial charge in [-0.1, -0.05) is 24.3 Å². The average Bonchev–Trinajstić information content (AvgIpc) is 2.63. The molecule has 25 heavy (non-hydrogen) atoms. The molecule has 0 aliphatic rings. The van der Waals surface area contributed by atoms with Crippen LogP contribution in [-0.4, -0.2) is 14.8 Å². The van der Waals surface area contributed by atoms with Crippen molar-refractivity contribution < 1.29 is 10.2 Å². The van der Waals surface area contributed by atoms with Crippen LogP contribution in [0.3, 0.4) is 0 Å². The van der Waals surface area contributed by atoms with Gasteiger partial charge in [-0.05, 0) is 42.3 Å². The van der Waals surface area contributed by atoms with E-state index in [-0.39, 0.29) is 5.75 Å². The molecule has 0 amide bonds. The van der Waals surface area contributed by atoms with Gasteiger partial charge in [-0.25, -0.2) is 0 Å². The van der Waals surface area contributed by atoms with E-state index in [2.05, 4.69) is 6.07 Å². The van der Waals surface area contributed by atoms with E-state index in [1.807, 2.05) is 36.4 Å². The number of aromatic nitrogens is 1. The predicted octanol–water partition coefficient (Wildman–Crippen LogP) is 3.14. The summed E-state index contributed by atoms with van der Waals surface area (Å²) in [5.74, 6) is -0.388. The third-order valence-corrected chi connectivity index (χ3v) is 3.94. The van der Waals surface area contributed by atoms with Gasteiger partial charge in [-0.3, -0.25) is 4.79 Å². The van der Waals surface area contributed by atoms with Crippen LogP contribution >= 0.6 is 0 Å². The molecule has 2 N–H and O–H groups in total. The number of hydrogen-bond donors (Lipinski definition) is 2. The largest absolute Gasteiger partial charge is 0.503 e. The number of benzene rings is 2. The number of pyridine rings is 1. The van der Waals surface area contributed by atoms with Crippen LogP contribution in [-0.2, 0) is 0 Å². The summed E-state index contributed by atoms with van der Waals surface area (Å²) in [6.45, 7) is 1.56. The number of nitrogens with zero attached hydrogens (tertiary/aromatic N) is 2. The number of rotatable bonds is 3. The molecule has 1 unspecified atom stereocenters. The van der Waals surface area contributed by atoms with E-state index in [0.29, 0.717) is 16.9 Å². The molecule has 0 saturated heterocycles. The minimum absolute atomic E-state index is 0.380. The zero-order chi connectivity index (χ0) is 18.0. The van der Waals surface area contributed by atoms with Gasteiger partial charge in [0.25, 0.3) is 0 Å². The average molecular weight is 332 g/mol. The molecule has 0 bridgehead atoms. The highest BCUT2D eigenvalue weighted by Crippen LogP contribution is 2.25. The topological polar surface area (TPSA) is 86.2 Å². The van der Waals surface area contributed by atoms with Crippen molar-refractivity contribution in [3.8, 4) is 28.6 Å². The smallest absolute Gasteiger partial charge is 0.223 e. The van der Waals surface area contributed by atoms with E-state index in [9.17, 15) is 15.0 Å². The summed E-state index contributed by atoms with van der Waals surface area (Å²) < 4.78 is 1.58. The first-order valence-electron chi connectivity index (χ1n) is 7.74. The van der Waals surface area contributed by atoms with Crippen molar-refractivity contribution in [2.45, 2.75) is 13.0 Å². The molecular weight excluding hydrogens is 316 g/mol. The Balaban J connectivity index is 2.16. The predicted molar refractivity (Wildman–Crippen MR) is 94.5 cm³/mol. The first-order valence-corrected chi connectivity index (χ1v) is 7.74. The van der Waals surface area contributed by atoms with E-state index < -0.39 is 11.5 Å². The molecule has 5 nitrogen and oxygen atoms in total. The number of aromatic hydroxyl groups is 1. The van der Waals surface area contributed by atoms with Crippen molar-refractivity contribution in [3.63, 3.8) is 0 Å². The third kappa shape index (κ3) is 3.30. The van der Waals surface area contributed by atoms with E-state index >= 15 is 0 Å². The standard InChI is InChI=1S/C20H16N2O3/c1-13(23)18-10-19(24)20(25)12-22(18)17-7-3-6-16(9-17)15-5-2-4-14(8-15)11-21/h2-10,12-13,23,25H,1H3. The number of nitriles is 1. The van der Waals surface area contributed by atoms with E-state index in [4.69, 9.17) is 5.26 Å². The fourth-order valence-electron chi connectivity index (χ4n) is 2.69. The minimum Gasteiger partial charge on any atom is -0.503 e. The molecule has 0 spiro atoms. The van der Waals surface area contributed by atoms with Gasteiger partial charge < -0.3 is 14.8 Å². The molecule has 0 saturated carbocycles. The number of aliphatic hydroxyl groups is 1. The monoisotopic (exact) mass is 332 g/mol. The maximum Gasteiger partial charge on any atom is 0.223 e. The van der Waals surface area contributed by atoms with Gasteiger partial charge in [0.2, 0.25) is 5.43 Å². The van der Waals surface area contributed by atoms with Crippen LogP contribution < -0.4 is 5.43 Å². The lowest BCUT2D eigenvalue weighted by molar-refractivity contribution is 0.191. The quantitative estimate of drug-likeness (QED) is 0.771. The van der Waals surface area contributed by atoms with E-state index in [1.54, 1.807) is 23.6 Å². The van der Waals surface area contributed by atoms with Crippen molar-refractivity contribution in [2.75, 3.05) is 0 Å². The molecule has 0 radical (unpaired) electrons. The maximum absolute atomic E-state index is 11.7. The normalized spacial score (nSPS) is 11.7. The molecule has 2 aromatic carbocycles. The van der Waals surface area contributed by atoms with Crippen LogP contribution in [0.4, 0.5) is 0 Å². The van der Waals surface area contributed by atoms with Crippen LogP contribution in [0.25, 0.3) is 16.8 Å². The van der Waals surface area contributed by atoms with E-state index in [1.165, 1.54) is 12.3 Å². The minimum atomic E-state index is -0.876. The molecule has 1 heterocycles. The van der Waals surface area contributed by atoms with Gasteiger partial charge >= 0.3 is 0 Å². The van der Waals surface area contributed by atoms with Gasteiger partial charge in [0.1, 0.15) is 0 Å². The molecule has 0 aliphatic carbocycles. The molecule has 1 atom stereocenters. The fourth-order valence-corrected chi connectivity index (χ4v) is 2.69. The Morgan fingerprint density at radius 1 is 1.08 bits per heavy atom. The molecular formula is C20H16N2O3. The van der Waals surface area contributed by atoms with Crippen molar-refractivity contribution in [1.29, 1.82) is 5.26 Å². The van der Waals surface area contributed by atoms with Gasteiger partial charge in [0.15, 0.2) is 5.75 Å². The lowest BCUT2D eigenvalue weighted by Crippen LogP contribution is -2.13. The first-order chi connectivity index (χ1) is 12.0. The van der Waals surface area contributed by atoms with Gasteiger partial charge in [0, 0.05) is 11.8 Å². The second-order valence-electron chi connectivity index (χ2n) is 5.74. The van der Waals surface area contributed by atoms with Gasteiger partial charge in [-0.2, -0.15) is 5.26 Å². The highest BCUT2D eigenvalue weighted by Gasteiger charge is 2.12. The van der Waals surface area contributed by atoms with Crippen molar-refractivity contribution in [2.24, 2.45) is 0 Å². The summed E-state index contributed by atoms with van der Waals surface area (Å²) in [4.78, 5) is 11.7. The van der Waals surface area contributed by atoms with E-state index in [0.717, 1.165) is 11.1 Å². The SMILES string of the molecule is CC(O)c1cc(=O)c(O)cn1-c1cccc(-c2cccc(C#N)c2)c1. The molecule has 3 aromatic rings. The van der Waals surface area contributed by atoms with Crippen molar-refractivity contribution in [1.82, 2.24) is 4.57 Å². The summed E-state index contributed by atoms with van der Waals surface area (Å²) in [5.41, 5.74) is 2.85. The van der Waals surface area contributed by atoms with Crippen LogP contribution in [0.2, 0.25) is 0 Å². The molecule has 124 valence electrons. The molecule has 3 rings (SSSR count). The van der Waals surface area contributed by atoms with Gasteiger partial charge in [-0.15, -0.1) is 0 Å². The lowest BCUT2D eigenvalue weighted by Gasteiger charge is -2.17. The zero-order valence-electron chi connectivity index (χ0n) is 13.5. The number of aliphatic hydroxyl groups excluding tert-OH is 1. The second kappa shape index (κ2) is 6.63. The Labute approximate surface area is 144 Å². The van der Waals surface area contributed by atoms with Crippen LogP contribution in [0, 0.1) is 11.3 Å². The summed E-state index contributed by atoms with van der Waals surface area (Å²) in [5, 5.41) is 28.8. The summed E-state index contributed by atoms with van der Waals surface area (Å²) in [7, 11) is 0. The molecule has 0 aliphatic heterocycles. The highest BCUT2D eigenvalue weighted by atomic mass is 16.3. The third-order valence-electron chi connectivity index (χ3n) is 3.94. The van der Waals surface area contributed by atoms with Crippen LogP contribution in [0.1, 0.15) is 24.3 Å². The maximum atomic E-state index is 11.7. The van der Waals surface area contributed by atoms with Crippen molar-refractivity contribution in [3.05, 3.63) is 82.3 Å². The Kier molecular flexibility index (Phi) is 4.38.